The van der Waals surface area contributed by atoms with Gasteiger partial charge in [-0.25, -0.2) is 4.98 Å². The van der Waals surface area contributed by atoms with Crippen molar-refractivity contribution in [2.75, 3.05) is 21.3 Å². The third-order valence-corrected chi connectivity index (χ3v) is 6.26. The number of carbonyl (C=O) groups excluding carboxylic acids is 1. The van der Waals surface area contributed by atoms with Crippen molar-refractivity contribution >= 4 is 28.4 Å². The largest absolute Gasteiger partial charge is 0.497 e. The molecule has 0 saturated carbocycles. The lowest BCUT2D eigenvalue weighted by molar-refractivity contribution is 0.0734. The molecule has 3 aromatic carbocycles. The van der Waals surface area contributed by atoms with Gasteiger partial charge >= 0.3 is 0 Å². The molecule has 0 aliphatic carbocycles. The Morgan fingerprint density at radius 1 is 1.00 bits per heavy atom. The third kappa shape index (κ3) is 4.72. The van der Waals surface area contributed by atoms with Crippen molar-refractivity contribution in [2.45, 2.75) is 19.9 Å². The molecule has 1 heterocycles. The zero-order valence-electron chi connectivity index (χ0n) is 20.2. The van der Waals surface area contributed by atoms with Gasteiger partial charge in [0.2, 0.25) is 0 Å². The average Bonchev–Trinajstić information content (AvgIpc) is 2.87. The maximum Gasteiger partial charge on any atom is 0.266 e. The van der Waals surface area contributed by atoms with Gasteiger partial charge < -0.3 is 14.4 Å². The Kier molecular flexibility index (Phi) is 6.80. The van der Waals surface area contributed by atoms with E-state index in [2.05, 4.69) is 0 Å². The van der Waals surface area contributed by atoms with Crippen LogP contribution in [0.4, 0.5) is 0 Å². The summed E-state index contributed by atoms with van der Waals surface area (Å²) in [6.07, 6.45) is 0. The van der Waals surface area contributed by atoms with Crippen LogP contribution in [0.5, 0.6) is 11.5 Å². The summed E-state index contributed by atoms with van der Waals surface area (Å²) in [6, 6.07) is 17.0. The highest BCUT2D eigenvalue weighted by atomic mass is 35.5. The molecule has 35 heavy (non-hydrogen) atoms. The molecule has 0 spiro atoms. The van der Waals surface area contributed by atoms with Gasteiger partial charge in [0.05, 0.1) is 36.9 Å². The first-order valence-corrected chi connectivity index (χ1v) is 11.4. The molecular formula is C27H26ClN3O4. The second kappa shape index (κ2) is 9.80. The summed E-state index contributed by atoms with van der Waals surface area (Å²) in [5, 5.41) is 0.918. The maximum atomic E-state index is 13.6. The van der Waals surface area contributed by atoms with Crippen LogP contribution in [0, 0.1) is 6.92 Å². The summed E-state index contributed by atoms with van der Waals surface area (Å²) in [7, 11) is 4.73. The molecule has 0 saturated heterocycles. The highest BCUT2D eigenvalue weighted by Gasteiger charge is 2.26. The smallest absolute Gasteiger partial charge is 0.266 e. The van der Waals surface area contributed by atoms with E-state index in [9.17, 15) is 9.59 Å². The minimum Gasteiger partial charge on any atom is -0.497 e. The van der Waals surface area contributed by atoms with Gasteiger partial charge in [-0.3, -0.25) is 14.2 Å². The number of nitrogens with zero attached hydrogens (tertiary/aromatic N) is 3. The number of benzene rings is 3. The van der Waals surface area contributed by atoms with E-state index in [1.807, 2.05) is 38.1 Å². The number of halogens is 1. The quantitative estimate of drug-likeness (QED) is 0.370. The van der Waals surface area contributed by atoms with Crippen molar-refractivity contribution in [3.8, 4) is 17.2 Å². The SMILES string of the molecule is COc1cc(OC)cc(C(=O)N(C)C(C)c2nc3cc(Cl)ccc3c(=O)n2-c2ccc(C)cc2)c1. The van der Waals surface area contributed by atoms with E-state index in [0.29, 0.717) is 44.5 Å². The van der Waals surface area contributed by atoms with Gasteiger partial charge in [-0.1, -0.05) is 29.3 Å². The summed E-state index contributed by atoms with van der Waals surface area (Å²) in [5.41, 5.74) is 2.35. The van der Waals surface area contributed by atoms with Crippen LogP contribution in [0.2, 0.25) is 5.02 Å². The summed E-state index contributed by atoms with van der Waals surface area (Å²) in [6.45, 7) is 3.81. The lowest BCUT2D eigenvalue weighted by Gasteiger charge is -2.27. The van der Waals surface area contributed by atoms with Gasteiger partial charge in [-0.15, -0.1) is 0 Å². The Balaban J connectivity index is 1.86. The van der Waals surface area contributed by atoms with Crippen LogP contribution in [0.15, 0.2) is 65.5 Å². The summed E-state index contributed by atoms with van der Waals surface area (Å²) >= 11 is 6.19. The lowest BCUT2D eigenvalue weighted by atomic mass is 10.1. The van der Waals surface area contributed by atoms with Crippen LogP contribution >= 0.6 is 11.6 Å². The number of aryl methyl sites for hydroxylation is 1. The molecule has 4 aromatic rings. The highest BCUT2D eigenvalue weighted by molar-refractivity contribution is 6.31. The van der Waals surface area contributed by atoms with Crippen molar-refractivity contribution in [3.05, 3.63) is 93.0 Å². The van der Waals surface area contributed by atoms with E-state index < -0.39 is 6.04 Å². The van der Waals surface area contributed by atoms with E-state index in [1.165, 1.54) is 19.1 Å². The number of amides is 1. The Morgan fingerprint density at radius 2 is 1.63 bits per heavy atom. The average molecular weight is 492 g/mol. The number of fused-ring (bicyclic) bond motifs is 1. The van der Waals surface area contributed by atoms with Crippen molar-refractivity contribution in [3.63, 3.8) is 0 Å². The minimum absolute atomic E-state index is 0.235. The Bertz CT molecular complexity index is 1440. The van der Waals surface area contributed by atoms with Gasteiger partial charge in [0, 0.05) is 23.7 Å². The number of rotatable bonds is 6. The molecule has 1 amide bonds. The van der Waals surface area contributed by atoms with Crippen molar-refractivity contribution in [1.82, 2.24) is 14.5 Å². The van der Waals surface area contributed by atoms with E-state index >= 15 is 0 Å². The number of hydrogen-bond acceptors (Lipinski definition) is 5. The fourth-order valence-corrected chi connectivity index (χ4v) is 4.05. The van der Waals surface area contributed by atoms with Gasteiger partial charge in [-0.05, 0) is 56.3 Å². The van der Waals surface area contributed by atoms with Crippen LogP contribution in [0.1, 0.15) is 34.7 Å². The summed E-state index contributed by atoms with van der Waals surface area (Å²) in [5.74, 6) is 1.15. The van der Waals surface area contributed by atoms with Crippen molar-refractivity contribution in [1.29, 1.82) is 0 Å². The molecule has 1 atom stereocenters. The molecule has 7 nitrogen and oxygen atoms in total. The molecule has 8 heteroatoms. The fraction of sp³-hybridized carbons (Fsp3) is 0.222. The predicted molar refractivity (Wildman–Crippen MR) is 137 cm³/mol. The number of carbonyl (C=O) groups is 1. The molecule has 0 radical (unpaired) electrons. The topological polar surface area (TPSA) is 73.7 Å². The molecule has 0 bridgehead atoms. The zero-order chi connectivity index (χ0) is 25.3. The summed E-state index contributed by atoms with van der Waals surface area (Å²) in [4.78, 5) is 33.4. The van der Waals surface area contributed by atoms with Crippen LogP contribution in [-0.2, 0) is 0 Å². The normalized spacial score (nSPS) is 11.8. The van der Waals surface area contributed by atoms with E-state index in [1.54, 1.807) is 48.0 Å². The number of methoxy groups -OCH3 is 2. The molecule has 180 valence electrons. The molecule has 1 aromatic heterocycles. The van der Waals surface area contributed by atoms with Gasteiger partial charge in [-0.2, -0.15) is 0 Å². The monoisotopic (exact) mass is 491 g/mol. The lowest BCUT2D eigenvalue weighted by Crippen LogP contribution is -2.35. The third-order valence-electron chi connectivity index (χ3n) is 6.02. The van der Waals surface area contributed by atoms with E-state index in [-0.39, 0.29) is 11.5 Å². The molecule has 0 fully saturated rings. The number of aromatic nitrogens is 2. The molecule has 1 unspecified atom stereocenters. The zero-order valence-corrected chi connectivity index (χ0v) is 21.0. The van der Waals surface area contributed by atoms with Crippen molar-refractivity contribution in [2.24, 2.45) is 0 Å². The first-order chi connectivity index (χ1) is 16.7. The van der Waals surface area contributed by atoms with E-state index in [4.69, 9.17) is 26.1 Å². The van der Waals surface area contributed by atoms with Crippen LogP contribution in [0.25, 0.3) is 16.6 Å². The number of hydrogen-bond donors (Lipinski definition) is 0. The predicted octanol–water partition coefficient (Wildman–Crippen LogP) is 5.20. The van der Waals surface area contributed by atoms with Crippen LogP contribution < -0.4 is 15.0 Å². The first kappa shape index (κ1) is 24.3. The molecule has 4 rings (SSSR count). The number of ether oxygens (including phenoxy) is 2. The maximum absolute atomic E-state index is 13.6. The second-order valence-electron chi connectivity index (χ2n) is 8.30. The van der Waals surface area contributed by atoms with Crippen LogP contribution in [0.3, 0.4) is 0 Å². The fourth-order valence-electron chi connectivity index (χ4n) is 3.88. The first-order valence-electron chi connectivity index (χ1n) is 11.0. The van der Waals surface area contributed by atoms with E-state index in [0.717, 1.165) is 5.56 Å². The second-order valence-corrected chi connectivity index (χ2v) is 8.74. The Morgan fingerprint density at radius 3 is 2.23 bits per heavy atom. The highest BCUT2D eigenvalue weighted by Crippen LogP contribution is 2.27. The Hall–Kier alpha value is -3.84. The molecule has 0 aliphatic rings. The molecular weight excluding hydrogens is 466 g/mol. The Labute approximate surface area is 208 Å². The standard InChI is InChI=1S/C27H26ClN3O4/c1-16-6-9-20(10-7-16)31-25(29-24-14-19(28)8-11-23(24)27(31)33)17(2)30(3)26(32)18-12-21(34-4)15-22(13-18)35-5/h6-15,17H,1-5H3. The molecule has 0 N–H and O–H groups in total. The summed E-state index contributed by atoms with van der Waals surface area (Å²) < 4.78 is 12.2. The van der Waals surface area contributed by atoms with Crippen LogP contribution in [-0.4, -0.2) is 41.6 Å². The van der Waals surface area contributed by atoms with Gasteiger partial charge in [0.25, 0.3) is 11.5 Å². The molecule has 0 aliphatic heterocycles. The van der Waals surface area contributed by atoms with Crippen molar-refractivity contribution < 1.29 is 14.3 Å². The van der Waals surface area contributed by atoms with Gasteiger partial charge in [0.15, 0.2) is 0 Å². The van der Waals surface area contributed by atoms with Gasteiger partial charge in [0.1, 0.15) is 17.3 Å². The minimum atomic E-state index is -0.558.